The lowest BCUT2D eigenvalue weighted by Gasteiger charge is -2.06. The molecule has 1 aromatic rings. The molecule has 0 bridgehead atoms. The molecule has 0 saturated heterocycles. The molecule has 0 spiro atoms. The highest BCUT2D eigenvalue weighted by Gasteiger charge is 2.24. The first-order valence-corrected chi connectivity index (χ1v) is 5.60. The summed E-state index contributed by atoms with van der Waals surface area (Å²) in [5.74, 6) is 0.221. The van der Waals surface area contributed by atoms with Crippen LogP contribution in [0.4, 0.5) is 11.4 Å². The summed E-state index contributed by atoms with van der Waals surface area (Å²) >= 11 is 0. The number of hydrogen-bond donors (Lipinski definition) is 2. The average molecular weight is 268 g/mol. The van der Waals surface area contributed by atoms with Crippen LogP contribution in [0.3, 0.4) is 0 Å². The maximum absolute atomic E-state index is 11.5. The molecule has 19 heavy (non-hydrogen) atoms. The summed E-state index contributed by atoms with van der Waals surface area (Å²) in [6, 6.07) is 2.57. The Morgan fingerprint density at radius 1 is 1.42 bits per heavy atom. The average Bonchev–Trinajstić information content (AvgIpc) is 2.82. The Balaban J connectivity index is 2.23. The molecule has 1 amide bonds. The van der Waals surface area contributed by atoms with E-state index in [9.17, 15) is 14.9 Å². The number of carbonyl (C=O) groups excluding carboxylic acids is 1. The molecule has 1 aliphatic heterocycles. The van der Waals surface area contributed by atoms with Gasteiger partial charge in [0.05, 0.1) is 11.0 Å². The molecule has 1 heterocycles. The highest BCUT2D eigenvalue weighted by atomic mass is 16.7. The van der Waals surface area contributed by atoms with Crippen molar-refractivity contribution in [1.82, 2.24) is 0 Å². The van der Waals surface area contributed by atoms with Crippen molar-refractivity contribution in [1.29, 1.82) is 0 Å². The molecule has 0 aliphatic carbocycles. The summed E-state index contributed by atoms with van der Waals surface area (Å²) in [6.45, 7) is -0.120. The van der Waals surface area contributed by atoms with Crippen LogP contribution in [0.2, 0.25) is 0 Å². The fraction of sp³-hybridized carbons (Fsp3) is 0.364. The van der Waals surface area contributed by atoms with E-state index in [1.54, 1.807) is 0 Å². The van der Waals surface area contributed by atoms with Crippen LogP contribution in [-0.4, -0.2) is 29.3 Å². The lowest BCUT2D eigenvalue weighted by molar-refractivity contribution is -0.384. The third kappa shape index (κ3) is 2.91. The molecule has 1 aromatic carbocycles. The second-order valence-electron chi connectivity index (χ2n) is 3.86. The number of hydrogen-bond acceptors (Lipinski definition) is 6. The van der Waals surface area contributed by atoms with Crippen molar-refractivity contribution in [3.8, 4) is 11.5 Å². The molecule has 2 N–H and O–H groups in total. The van der Waals surface area contributed by atoms with Gasteiger partial charge in [-0.15, -0.1) is 0 Å². The second kappa shape index (κ2) is 5.53. The lowest BCUT2D eigenvalue weighted by atomic mass is 10.2. The number of nitrogens with zero attached hydrogens (tertiary/aromatic N) is 1. The highest BCUT2D eigenvalue weighted by Crippen LogP contribution is 2.40. The molecule has 0 fully saturated rings. The van der Waals surface area contributed by atoms with Crippen LogP contribution in [-0.2, 0) is 4.79 Å². The van der Waals surface area contributed by atoms with Crippen molar-refractivity contribution >= 4 is 17.3 Å². The summed E-state index contributed by atoms with van der Waals surface area (Å²) in [6.07, 6.45) is 0.381. The zero-order chi connectivity index (χ0) is 13.8. The fourth-order valence-corrected chi connectivity index (χ4v) is 1.63. The maximum Gasteiger partial charge on any atom is 0.296 e. The van der Waals surface area contributed by atoms with Crippen molar-refractivity contribution in [2.24, 2.45) is 0 Å². The number of benzene rings is 1. The van der Waals surface area contributed by atoms with Gasteiger partial charge in [-0.2, -0.15) is 0 Å². The van der Waals surface area contributed by atoms with Crippen LogP contribution in [0, 0.1) is 10.1 Å². The number of anilines is 1. The van der Waals surface area contributed by atoms with Crippen molar-refractivity contribution < 1.29 is 24.3 Å². The number of ether oxygens (including phenoxy) is 2. The van der Waals surface area contributed by atoms with Crippen LogP contribution in [0.5, 0.6) is 11.5 Å². The molecule has 8 nitrogen and oxygen atoms in total. The molecule has 0 unspecified atom stereocenters. The third-order valence-corrected chi connectivity index (χ3v) is 2.52. The summed E-state index contributed by atoms with van der Waals surface area (Å²) in [4.78, 5) is 21.9. The minimum atomic E-state index is -0.608. The highest BCUT2D eigenvalue weighted by molar-refractivity contribution is 5.93. The number of nitrogens with one attached hydrogen (secondary N) is 1. The van der Waals surface area contributed by atoms with Crippen molar-refractivity contribution in [2.75, 3.05) is 18.7 Å². The van der Waals surface area contributed by atoms with Gasteiger partial charge in [0.2, 0.25) is 12.7 Å². The smallest absolute Gasteiger partial charge is 0.296 e. The van der Waals surface area contributed by atoms with Crippen LogP contribution in [0.15, 0.2) is 12.1 Å². The molecule has 102 valence electrons. The number of rotatable bonds is 5. The Labute approximate surface area is 108 Å². The van der Waals surface area contributed by atoms with Crippen molar-refractivity contribution in [3.63, 3.8) is 0 Å². The van der Waals surface area contributed by atoms with E-state index in [1.165, 1.54) is 12.1 Å². The van der Waals surface area contributed by atoms with E-state index in [-0.39, 0.29) is 36.9 Å². The summed E-state index contributed by atoms with van der Waals surface area (Å²) < 4.78 is 10.1. The first-order valence-electron chi connectivity index (χ1n) is 5.60. The Hall–Kier alpha value is -2.35. The van der Waals surface area contributed by atoms with Gasteiger partial charge in [0.15, 0.2) is 11.5 Å². The van der Waals surface area contributed by atoms with Gasteiger partial charge in [0, 0.05) is 19.1 Å². The van der Waals surface area contributed by atoms with Gasteiger partial charge in [0.25, 0.3) is 5.69 Å². The first kappa shape index (κ1) is 13.1. The Kier molecular flexibility index (Phi) is 3.81. The van der Waals surface area contributed by atoms with Crippen LogP contribution < -0.4 is 14.8 Å². The van der Waals surface area contributed by atoms with E-state index in [1.807, 2.05) is 0 Å². The Bertz CT molecular complexity index is 516. The van der Waals surface area contributed by atoms with E-state index in [2.05, 4.69) is 5.32 Å². The minimum Gasteiger partial charge on any atom is -0.454 e. The van der Waals surface area contributed by atoms with Gasteiger partial charge in [-0.1, -0.05) is 0 Å². The zero-order valence-electron chi connectivity index (χ0n) is 9.92. The molecule has 2 rings (SSSR count). The Morgan fingerprint density at radius 2 is 2.11 bits per heavy atom. The molecular formula is C11H12N2O6. The van der Waals surface area contributed by atoms with Crippen LogP contribution in [0.1, 0.15) is 12.8 Å². The van der Waals surface area contributed by atoms with Gasteiger partial charge in [-0.25, -0.2) is 0 Å². The van der Waals surface area contributed by atoms with E-state index in [4.69, 9.17) is 14.6 Å². The standard InChI is InChI=1S/C11H12N2O6/c14-3-1-2-11(15)12-7-4-9-10(19-6-18-9)5-8(7)13(16)17/h4-5,14H,1-3,6H2,(H,12,15). The van der Waals surface area contributed by atoms with E-state index in [0.29, 0.717) is 12.2 Å². The number of aliphatic hydroxyl groups is 1. The predicted molar refractivity (Wildman–Crippen MR) is 64.2 cm³/mol. The number of nitro benzene ring substituents is 1. The zero-order valence-corrected chi connectivity index (χ0v) is 9.92. The first-order chi connectivity index (χ1) is 9.11. The number of amides is 1. The summed E-state index contributed by atoms with van der Waals surface area (Å²) in [7, 11) is 0. The molecule has 0 radical (unpaired) electrons. The second-order valence-corrected chi connectivity index (χ2v) is 3.86. The van der Waals surface area contributed by atoms with E-state index in [0.717, 1.165) is 0 Å². The van der Waals surface area contributed by atoms with Gasteiger partial charge in [-0.3, -0.25) is 14.9 Å². The molecule has 0 atom stereocenters. The fourth-order valence-electron chi connectivity index (χ4n) is 1.63. The summed E-state index contributed by atoms with van der Waals surface area (Å²) in [5, 5.41) is 22.0. The summed E-state index contributed by atoms with van der Waals surface area (Å²) in [5.41, 5.74) is -0.209. The number of nitro groups is 1. The largest absolute Gasteiger partial charge is 0.454 e. The van der Waals surface area contributed by atoms with Crippen LogP contribution >= 0.6 is 0 Å². The van der Waals surface area contributed by atoms with Gasteiger partial charge >= 0.3 is 0 Å². The minimum absolute atomic E-state index is 0.00556. The van der Waals surface area contributed by atoms with Gasteiger partial charge < -0.3 is 19.9 Å². The van der Waals surface area contributed by atoms with Crippen molar-refractivity contribution in [2.45, 2.75) is 12.8 Å². The molecule has 8 heteroatoms. The molecule has 0 aromatic heterocycles. The number of aliphatic hydroxyl groups excluding tert-OH is 1. The number of fused-ring (bicyclic) bond motifs is 1. The topological polar surface area (TPSA) is 111 Å². The SMILES string of the molecule is O=C(CCCO)Nc1cc2c(cc1[N+](=O)[O-])OCO2. The number of carbonyl (C=O) groups is 1. The van der Waals surface area contributed by atoms with E-state index >= 15 is 0 Å². The lowest BCUT2D eigenvalue weighted by Crippen LogP contribution is -2.13. The quantitative estimate of drug-likeness (QED) is 0.609. The Morgan fingerprint density at radius 3 is 2.74 bits per heavy atom. The third-order valence-electron chi connectivity index (χ3n) is 2.52. The maximum atomic E-state index is 11.5. The van der Waals surface area contributed by atoms with Gasteiger partial charge in [-0.05, 0) is 6.42 Å². The molecular weight excluding hydrogens is 256 g/mol. The van der Waals surface area contributed by atoms with Crippen LogP contribution in [0.25, 0.3) is 0 Å². The normalized spacial score (nSPS) is 12.3. The monoisotopic (exact) mass is 268 g/mol. The molecule has 0 saturated carbocycles. The predicted octanol–water partition coefficient (Wildman–Crippen LogP) is 1.03. The molecule has 1 aliphatic rings. The van der Waals surface area contributed by atoms with Crippen molar-refractivity contribution in [3.05, 3.63) is 22.2 Å². The van der Waals surface area contributed by atoms with E-state index < -0.39 is 10.8 Å². The van der Waals surface area contributed by atoms with Gasteiger partial charge in [0.1, 0.15) is 5.69 Å².